The maximum Gasteiger partial charge on any atom is 2.00 e. The number of aliphatic hydroxyl groups is 2. The van der Waals surface area contributed by atoms with Crippen molar-refractivity contribution in [2.75, 3.05) is 27.2 Å². The van der Waals surface area contributed by atoms with Crippen LogP contribution in [0.25, 0.3) is 0 Å². The Morgan fingerprint density at radius 3 is 1.04 bits per heavy atom. The summed E-state index contributed by atoms with van der Waals surface area (Å²) in [5, 5.41) is 16.7. The second kappa shape index (κ2) is 19.9. The van der Waals surface area contributed by atoms with Gasteiger partial charge in [0.1, 0.15) is 0 Å². The third-order valence-corrected chi connectivity index (χ3v) is 3.56. The number of rotatable bonds is 4. The van der Waals surface area contributed by atoms with Gasteiger partial charge in [-0.1, -0.05) is 27.7 Å². The van der Waals surface area contributed by atoms with E-state index in [1.807, 2.05) is 50.1 Å². The van der Waals surface area contributed by atoms with E-state index >= 15 is 0 Å². The molecule has 0 bridgehead atoms. The molecule has 0 aromatic carbocycles. The molecule has 27 heavy (non-hydrogen) atoms. The zero-order chi connectivity index (χ0) is 20.5. The summed E-state index contributed by atoms with van der Waals surface area (Å²) in [5.41, 5.74) is 0. The molecule has 2 rings (SSSR count). The van der Waals surface area contributed by atoms with Gasteiger partial charge in [-0.05, 0) is 78.7 Å². The molecule has 0 spiro atoms. The van der Waals surface area contributed by atoms with Crippen molar-refractivity contribution in [2.45, 2.75) is 66.6 Å². The molecular weight excluding hydrogens is 387 g/mol. The molecule has 2 N–H and O–H groups in total. The summed E-state index contributed by atoms with van der Waals surface area (Å²) in [5.74, 6) is 0. The first-order valence-corrected chi connectivity index (χ1v) is 9.58. The van der Waals surface area contributed by atoms with Crippen LogP contribution in [-0.4, -0.2) is 69.2 Å². The molecule has 0 aromatic heterocycles. The number of hydrogen-bond donors (Lipinski definition) is 2. The van der Waals surface area contributed by atoms with Gasteiger partial charge in [-0.15, -0.1) is 0 Å². The molecular formula is C20H42CoN4O2. The molecule has 0 saturated heterocycles. The van der Waals surface area contributed by atoms with E-state index < -0.39 is 0 Å². The molecule has 0 aliphatic carbocycles. The Morgan fingerprint density at radius 2 is 0.963 bits per heavy atom. The first kappa shape index (κ1) is 30.8. The van der Waals surface area contributed by atoms with Crippen molar-refractivity contribution in [1.29, 1.82) is 0 Å². The molecule has 2 atom stereocenters. The quantitative estimate of drug-likeness (QED) is 0.670. The van der Waals surface area contributed by atoms with Crippen LogP contribution in [0, 0.1) is 13.3 Å². The molecule has 0 amide bonds. The van der Waals surface area contributed by atoms with Crippen molar-refractivity contribution < 1.29 is 27.0 Å². The van der Waals surface area contributed by atoms with Crippen LogP contribution in [0.15, 0.2) is 24.8 Å². The minimum atomic E-state index is -0.116. The van der Waals surface area contributed by atoms with Gasteiger partial charge in [0.25, 0.3) is 0 Å². The molecule has 2 heterocycles. The molecule has 6 nitrogen and oxygen atoms in total. The smallest absolute Gasteiger partial charge is 0.511 e. The van der Waals surface area contributed by atoms with E-state index in [0.717, 1.165) is 25.9 Å². The summed E-state index contributed by atoms with van der Waals surface area (Å²) in [6, 6.07) is 0. The third kappa shape index (κ3) is 21.3. The van der Waals surface area contributed by atoms with E-state index in [1.165, 1.54) is 0 Å². The zero-order valence-electron chi connectivity index (χ0n) is 18.5. The summed E-state index contributed by atoms with van der Waals surface area (Å²) in [7, 11) is 4.04. The van der Waals surface area contributed by atoms with Crippen LogP contribution >= 0.6 is 0 Å². The Kier molecular flexibility index (Phi) is 22.7. The number of nitrogens with zero attached hydrogens (tertiary/aromatic N) is 4. The van der Waals surface area contributed by atoms with E-state index in [-0.39, 0.29) is 29.0 Å². The van der Waals surface area contributed by atoms with Crippen LogP contribution in [0.2, 0.25) is 0 Å². The van der Waals surface area contributed by atoms with Gasteiger partial charge in [-0.2, -0.15) is 13.3 Å². The van der Waals surface area contributed by atoms with E-state index in [9.17, 15) is 0 Å². The van der Waals surface area contributed by atoms with Crippen molar-refractivity contribution in [1.82, 2.24) is 19.6 Å². The van der Waals surface area contributed by atoms with Crippen LogP contribution in [-0.2, 0) is 16.8 Å². The van der Waals surface area contributed by atoms with Gasteiger partial charge in [0, 0.05) is 0 Å². The van der Waals surface area contributed by atoms with Crippen molar-refractivity contribution in [3.63, 3.8) is 0 Å². The van der Waals surface area contributed by atoms with Gasteiger partial charge in [0.2, 0.25) is 0 Å². The van der Waals surface area contributed by atoms with E-state index in [4.69, 9.17) is 10.2 Å². The molecule has 0 aromatic rings. The third-order valence-electron chi connectivity index (χ3n) is 3.56. The van der Waals surface area contributed by atoms with Gasteiger partial charge >= 0.3 is 16.8 Å². The average molecular weight is 430 g/mol. The van der Waals surface area contributed by atoms with Gasteiger partial charge in [-0.25, -0.2) is 0 Å². The molecule has 163 valence electrons. The summed E-state index contributed by atoms with van der Waals surface area (Å²) < 4.78 is 0. The van der Waals surface area contributed by atoms with Crippen molar-refractivity contribution in [3.8, 4) is 0 Å². The Morgan fingerprint density at radius 1 is 0.704 bits per heavy atom. The van der Waals surface area contributed by atoms with Gasteiger partial charge < -0.3 is 29.8 Å². The molecule has 2 aliphatic rings. The fourth-order valence-corrected chi connectivity index (χ4v) is 1.38. The van der Waals surface area contributed by atoms with Crippen LogP contribution in [0.4, 0.5) is 0 Å². The summed E-state index contributed by atoms with van der Waals surface area (Å²) in [6.45, 7) is 17.9. The predicted molar refractivity (Wildman–Crippen MR) is 111 cm³/mol. The molecule has 0 saturated carbocycles. The first-order chi connectivity index (χ1) is 12.2. The minimum absolute atomic E-state index is 0. The van der Waals surface area contributed by atoms with Gasteiger partial charge in [0.05, 0.1) is 12.2 Å². The monoisotopic (exact) mass is 429 g/mol. The first-order valence-electron chi connectivity index (χ1n) is 9.58. The van der Waals surface area contributed by atoms with E-state index in [0.29, 0.717) is 0 Å². The fourth-order valence-electron chi connectivity index (χ4n) is 1.38. The maximum absolute atomic E-state index is 8.36. The summed E-state index contributed by atoms with van der Waals surface area (Å²) >= 11 is 0. The summed E-state index contributed by atoms with van der Waals surface area (Å²) in [4.78, 5) is 8.31. The Balaban J connectivity index is -0.000000289. The van der Waals surface area contributed by atoms with Crippen LogP contribution in [0.5, 0.6) is 0 Å². The zero-order valence-corrected chi connectivity index (χ0v) is 19.5. The molecule has 1 radical (unpaired) electrons. The van der Waals surface area contributed by atoms with Crippen LogP contribution in [0.1, 0.15) is 54.4 Å². The Bertz CT molecular complexity index is 332. The second-order valence-corrected chi connectivity index (χ2v) is 6.33. The van der Waals surface area contributed by atoms with Crippen LogP contribution < -0.4 is 0 Å². The summed E-state index contributed by atoms with van der Waals surface area (Å²) in [6.07, 6.45) is 9.66. The molecule has 2 unspecified atom stereocenters. The molecule has 0 fully saturated rings. The normalized spacial score (nSPS) is 16.4. The fraction of sp³-hybridized carbons (Fsp3) is 0.700. The molecule has 7 heteroatoms. The Hall–Kier alpha value is -0.894. The number of hydrogen-bond acceptors (Lipinski definition) is 6. The number of aliphatic hydroxyl groups excluding tert-OH is 2. The minimum Gasteiger partial charge on any atom is -0.511 e. The second-order valence-electron chi connectivity index (χ2n) is 6.33. The molecule has 2 aliphatic heterocycles. The Labute approximate surface area is 178 Å². The SMILES string of the molecule is CCC(C)O.CCC(C)O.CCN1C=CN(C)[CH-]1.CCN1C=CN(C)[CH-]1.[Co+2]. The van der Waals surface area contributed by atoms with E-state index in [2.05, 4.69) is 49.4 Å². The van der Waals surface area contributed by atoms with Crippen molar-refractivity contribution in [3.05, 3.63) is 38.1 Å². The predicted octanol–water partition coefficient (Wildman–Crippen LogP) is 3.24. The average Bonchev–Trinajstić information content (AvgIpc) is 3.24. The maximum atomic E-state index is 8.36. The standard InChI is InChI=1S/2C6H11N2.2C4H10O.Co/c2*1-3-8-5-4-7(2)6-8;2*1-3-4(2)5;/h2*4-6H,3H2,1-2H3;2*4-5H,3H2,1-2H3;/q2*-1;;;+2. The van der Waals surface area contributed by atoms with Crippen molar-refractivity contribution >= 4 is 0 Å². The largest absolute Gasteiger partial charge is 2.00 e. The topological polar surface area (TPSA) is 53.4 Å². The van der Waals surface area contributed by atoms with E-state index in [1.54, 1.807) is 13.8 Å². The van der Waals surface area contributed by atoms with Gasteiger partial charge in [-0.3, -0.25) is 0 Å². The van der Waals surface area contributed by atoms with Gasteiger partial charge in [0.15, 0.2) is 0 Å². The van der Waals surface area contributed by atoms with Crippen molar-refractivity contribution in [2.24, 2.45) is 0 Å². The van der Waals surface area contributed by atoms with Crippen LogP contribution in [0.3, 0.4) is 0 Å².